The van der Waals surface area contributed by atoms with Gasteiger partial charge in [0.05, 0.1) is 28.1 Å². The van der Waals surface area contributed by atoms with E-state index in [1.165, 1.54) is 5.56 Å². The van der Waals surface area contributed by atoms with Crippen molar-refractivity contribution in [2.24, 2.45) is 0 Å². The lowest BCUT2D eigenvalue weighted by Gasteiger charge is -2.06. The molecule has 158 valence electrons. The Balaban J connectivity index is 1.60. The molecule has 32 heavy (non-hydrogen) atoms. The van der Waals surface area contributed by atoms with Crippen LogP contribution in [0.2, 0.25) is 0 Å². The molecule has 0 fully saturated rings. The fraction of sp³-hybridized carbons (Fsp3) is 0.185. The Bertz CT molecular complexity index is 1340. The van der Waals surface area contributed by atoms with E-state index in [1.54, 1.807) is 12.4 Å². The molecule has 0 unspecified atom stereocenters. The molecule has 0 aliphatic carbocycles. The summed E-state index contributed by atoms with van der Waals surface area (Å²) in [5.41, 5.74) is 7.81. The SMILES string of the molecule is CCCCc1cccc(-c2[nH]c(Cc3ccccc3)nc2-c2ccc3nccnc3c2)n1. The first-order valence-electron chi connectivity index (χ1n) is 11.1. The number of nitrogens with one attached hydrogen (secondary N) is 1. The second-order valence-corrected chi connectivity index (χ2v) is 7.95. The smallest absolute Gasteiger partial charge is 0.111 e. The summed E-state index contributed by atoms with van der Waals surface area (Å²) < 4.78 is 0. The molecule has 5 aromatic rings. The fourth-order valence-corrected chi connectivity index (χ4v) is 3.92. The summed E-state index contributed by atoms with van der Waals surface area (Å²) in [4.78, 5) is 22.4. The van der Waals surface area contributed by atoms with Crippen LogP contribution in [-0.4, -0.2) is 24.9 Å². The molecule has 5 nitrogen and oxygen atoms in total. The highest BCUT2D eigenvalue weighted by Gasteiger charge is 2.17. The number of pyridine rings is 1. The maximum Gasteiger partial charge on any atom is 0.111 e. The maximum atomic E-state index is 5.01. The molecular weight excluding hydrogens is 394 g/mol. The van der Waals surface area contributed by atoms with E-state index >= 15 is 0 Å². The van der Waals surface area contributed by atoms with Crippen molar-refractivity contribution in [3.05, 3.63) is 96.2 Å². The van der Waals surface area contributed by atoms with Crippen LogP contribution >= 0.6 is 0 Å². The van der Waals surface area contributed by atoms with E-state index in [9.17, 15) is 0 Å². The number of aromatic nitrogens is 5. The van der Waals surface area contributed by atoms with Crippen molar-refractivity contribution in [3.8, 4) is 22.6 Å². The molecule has 0 aliphatic heterocycles. The molecule has 0 saturated heterocycles. The van der Waals surface area contributed by atoms with Crippen molar-refractivity contribution in [3.63, 3.8) is 0 Å². The highest BCUT2D eigenvalue weighted by atomic mass is 15.0. The predicted molar refractivity (Wildman–Crippen MR) is 128 cm³/mol. The van der Waals surface area contributed by atoms with Crippen molar-refractivity contribution in [2.45, 2.75) is 32.6 Å². The number of nitrogens with zero attached hydrogens (tertiary/aromatic N) is 4. The molecule has 0 atom stereocenters. The summed E-state index contributed by atoms with van der Waals surface area (Å²) in [5.74, 6) is 0.918. The number of aryl methyl sites for hydroxylation is 1. The van der Waals surface area contributed by atoms with Gasteiger partial charge in [0.1, 0.15) is 5.82 Å². The number of H-pyrrole nitrogens is 1. The van der Waals surface area contributed by atoms with E-state index < -0.39 is 0 Å². The Morgan fingerprint density at radius 3 is 2.50 bits per heavy atom. The first-order valence-corrected chi connectivity index (χ1v) is 11.1. The van der Waals surface area contributed by atoms with Gasteiger partial charge in [-0.3, -0.25) is 15.0 Å². The minimum absolute atomic E-state index is 0.733. The van der Waals surface area contributed by atoms with Gasteiger partial charge in [-0.15, -0.1) is 0 Å². The maximum absolute atomic E-state index is 5.01. The van der Waals surface area contributed by atoms with Gasteiger partial charge >= 0.3 is 0 Å². The second kappa shape index (κ2) is 9.10. The Labute approximate surface area is 187 Å². The quantitative estimate of drug-likeness (QED) is 0.350. The van der Waals surface area contributed by atoms with Crippen LogP contribution in [0.25, 0.3) is 33.7 Å². The Morgan fingerprint density at radius 2 is 1.66 bits per heavy atom. The van der Waals surface area contributed by atoms with E-state index in [0.29, 0.717) is 0 Å². The van der Waals surface area contributed by atoms with Crippen molar-refractivity contribution >= 4 is 11.0 Å². The average Bonchev–Trinajstić information content (AvgIpc) is 3.27. The zero-order valence-corrected chi connectivity index (χ0v) is 18.1. The molecule has 2 aromatic carbocycles. The summed E-state index contributed by atoms with van der Waals surface area (Å²) in [6.45, 7) is 2.20. The summed E-state index contributed by atoms with van der Waals surface area (Å²) in [6.07, 6.45) is 7.44. The summed E-state index contributed by atoms with van der Waals surface area (Å²) in [5, 5.41) is 0. The van der Waals surface area contributed by atoms with Gasteiger partial charge in [-0.2, -0.15) is 0 Å². The van der Waals surface area contributed by atoms with Gasteiger partial charge < -0.3 is 4.98 Å². The first-order chi connectivity index (χ1) is 15.8. The van der Waals surface area contributed by atoms with E-state index in [1.807, 2.05) is 12.1 Å². The molecular formula is C27H25N5. The molecule has 0 saturated carbocycles. The number of hydrogen-bond acceptors (Lipinski definition) is 4. The van der Waals surface area contributed by atoms with Crippen LogP contribution in [-0.2, 0) is 12.8 Å². The number of unbranched alkanes of at least 4 members (excludes halogenated alkanes) is 1. The number of aromatic amines is 1. The van der Waals surface area contributed by atoms with E-state index in [2.05, 4.69) is 76.5 Å². The average molecular weight is 420 g/mol. The third-order valence-electron chi connectivity index (χ3n) is 5.56. The van der Waals surface area contributed by atoms with Gasteiger partial charge in [-0.25, -0.2) is 4.98 Å². The molecule has 5 heteroatoms. The van der Waals surface area contributed by atoms with Crippen LogP contribution in [0.4, 0.5) is 0 Å². The highest BCUT2D eigenvalue weighted by Crippen LogP contribution is 2.31. The van der Waals surface area contributed by atoms with Gasteiger partial charge in [0.2, 0.25) is 0 Å². The van der Waals surface area contributed by atoms with Crippen LogP contribution < -0.4 is 0 Å². The molecule has 1 N–H and O–H groups in total. The molecule has 3 aromatic heterocycles. The zero-order chi connectivity index (χ0) is 21.8. The Morgan fingerprint density at radius 1 is 0.812 bits per heavy atom. The predicted octanol–water partition coefficient (Wildman–Crippen LogP) is 6.02. The van der Waals surface area contributed by atoms with Gasteiger partial charge in [0.15, 0.2) is 0 Å². The molecule has 3 heterocycles. The lowest BCUT2D eigenvalue weighted by Crippen LogP contribution is -1.94. The number of benzene rings is 2. The number of hydrogen-bond donors (Lipinski definition) is 1. The molecule has 0 radical (unpaired) electrons. The third-order valence-corrected chi connectivity index (χ3v) is 5.56. The van der Waals surface area contributed by atoms with Gasteiger partial charge in [-0.05, 0) is 42.7 Å². The number of imidazole rings is 1. The van der Waals surface area contributed by atoms with E-state index in [4.69, 9.17) is 9.97 Å². The molecule has 0 spiro atoms. The van der Waals surface area contributed by atoms with Crippen molar-refractivity contribution in [2.75, 3.05) is 0 Å². The standard InChI is InChI=1S/C27H25N5/c1-2-3-10-21-11-7-12-23(30-21)27-26(20-13-14-22-24(18-20)29-16-15-28-22)31-25(32-27)17-19-8-5-4-6-9-19/h4-9,11-16,18H,2-3,10,17H2,1H3,(H,31,32). The highest BCUT2D eigenvalue weighted by molar-refractivity contribution is 5.84. The monoisotopic (exact) mass is 419 g/mol. The zero-order valence-electron chi connectivity index (χ0n) is 18.1. The molecule has 0 amide bonds. The Kier molecular flexibility index (Phi) is 5.71. The van der Waals surface area contributed by atoms with Crippen LogP contribution in [0.15, 0.2) is 79.1 Å². The second-order valence-electron chi connectivity index (χ2n) is 7.95. The van der Waals surface area contributed by atoms with Crippen LogP contribution in [0, 0.1) is 0 Å². The minimum atomic E-state index is 0.733. The van der Waals surface area contributed by atoms with Crippen LogP contribution in [0.5, 0.6) is 0 Å². The van der Waals surface area contributed by atoms with Crippen LogP contribution in [0.1, 0.15) is 36.8 Å². The lowest BCUT2D eigenvalue weighted by atomic mass is 10.1. The summed E-state index contributed by atoms with van der Waals surface area (Å²) >= 11 is 0. The topological polar surface area (TPSA) is 67.3 Å². The normalized spacial score (nSPS) is 11.2. The largest absolute Gasteiger partial charge is 0.340 e. The number of rotatable bonds is 7. The lowest BCUT2D eigenvalue weighted by molar-refractivity contribution is 0.777. The van der Waals surface area contributed by atoms with Gasteiger partial charge in [-0.1, -0.05) is 55.8 Å². The summed E-state index contributed by atoms with van der Waals surface area (Å²) in [7, 11) is 0. The van der Waals surface area contributed by atoms with Crippen LogP contribution in [0.3, 0.4) is 0 Å². The summed E-state index contributed by atoms with van der Waals surface area (Å²) in [6, 6.07) is 22.7. The molecule has 0 aliphatic rings. The van der Waals surface area contributed by atoms with Crippen molar-refractivity contribution < 1.29 is 0 Å². The Hall–Kier alpha value is -3.86. The van der Waals surface area contributed by atoms with Crippen molar-refractivity contribution in [1.82, 2.24) is 24.9 Å². The minimum Gasteiger partial charge on any atom is -0.340 e. The third kappa shape index (κ3) is 4.28. The molecule has 0 bridgehead atoms. The van der Waals surface area contributed by atoms with Crippen molar-refractivity contribution in [1.29, 1.82) is 0 Å². The van der Waals surface area contributed by atoms with E-state index in [-0.39, 0.29) is 0 Å². The van der Waals surface area contributed by atoms with Gasteiger partial charge in [0, 0.05) is 30.1 Å². The van der Waals surface area contributed by atoms with E-state index in [0.717, 1.165) is 70.9 Å². The number of fused-ring (bicyclic) bond motifs is 1. The fourth-order valence-electron chi connectivity index (χ4n) is 3.92. The first kappa shape index (κ1) is 20.1. The molecule has 5 rings (SSSR count). The van der Waals surface area contributed by atoms with Gasteiger partial charge in [0.25, 0.3) is 0 Å².